The van der Waals surface area contributed by atoms with Crippen LogP contribution in [-0.2, 0) is 4.74 Å². The lowest BCUT2D eigenvalue weighted by molar-refractivity contribution is 0.0937. The first-order chi connectivity index (χ1) is 11.2. The van der Waals surface area contributed by atoms with Crippen molar-refractivity contribution in [1.29, 1.82) is 0 Å². The van der Waals surface area contributed by atoms with Crippen molar-refractivity contribution in [2.24, 2.45) is 5.92 Å². The third kappa shape index (κ3) is 4.91. The first-order valence-electron chi connectivity index (χ1n) is 7.89. The Morgan fingerprint density at radius 3 is 2.87 bits per heavy atom. The molecule has 1 aliphatic carbocycles. The molecular weight excluding hydrogens is 358 g/mol. The highest BCUT2D eigenvalue weighted by molar-refractivity contribution is 9.10. The van der Waals surface area contributed by atoms with Gasteiger partial charge in [0.1, 0.15) is 0 Å². The van der Waals surface area contributed by atoms with Crippen LogP contribution in [0.1, 0.15) is 29.6 Å². The van der Waals surface area contributed by atoms with Crippen LogP contribution in [0.2, 0.25) is 0 Å². The van der Waals surface area contributed by atoms with Gasteiger partial charge < -0.3 is 10.1 Å². The van der Waals surface area contributed by atoms with Crippen molar-refractivity contribution >= 4 is 21.8 Å². The number of benzene rings is 1. The lowest BCUT2D eigenvalue weighted by atomic mass is 10.3. The summed E-state index contributed by atoms with van der Waals surface area (Å²) in [6.07, 6.45) is 6.76. The van der Waals surface area contributed by atoms with Crippen LogP contribution in [0.3, 0.4) is 0 Å². The zero-order valence-corrected chi connectivity index (χ0v) is 14.5. The van der Waals surface area contributed by atoms with Gasteiger partial charge in [-0.3, -0.25) is 4.79 Å². The molecule has 6 heteroatoms. The normalized spacial score (nSPS) is 14.0. The van der Waals surface area contributed by atoms with E-state index in [4.69, 9.17) is 4.74 Å². The Morgan fingerprint density at radius 1 is 1.35 bits per heavy atom. The smallest absolute Gasteiger partial charge is 0.254 e. The maximum Gasteiger partial charge on any atom is 0.254 e. The molecule has 1 saturated carbocycles. The van der Waals surface area contributed by atoms with Gasteiger partial charge in [0.25, 0.3) is 5.91 Å². The number of hydrogen-bond acceptors (Lipinski definition) is 3. The van der Waals surface area contributed by atoms with Crippen LogP contribution in [-0.4, -0.2) is 35.4 Å². The minimum absolute atomic E-state index is 0.101. The van der Waals surface area contributed by atoms with E-state index < -0.39 is 0 Å². The Labute approximate surface area is 144 Å². The first kappa shape index (κ1) is 16.2. The number of aromatic nitrogens is 2. The molecule has 0 radical (unpaired) electrons. The van der Waals surface area contributed by atoms with Gasteiger partial charge in [0.2, 0.25) is 0 Å². The minimum Gasteiger partial charge on any atom is -0.381 e. The van der Waals surface area contributed by atoms with Crippen LogP contribution in [0.5, 0.6) is 0 Å². The Kier molecular flexibility index (Phi) is 5.46. The largest absolute Gasteiger partial charge is 0.381 e. The Balaban J connectivity index is 1.43. The zero-order valence-electron chi connectivity index (χ0n) is 12.9. The number of halogens is 1. The number of rotatable bonds is 8. The highest BCUT2D eigenvalue weighted by Crippen LogP contribution is 2.28. The molecule has 0 bridgehead atoms. The van der Waals surface area contributed by atoms with Crippen LogP contribution in [0, 0.1) is 5.92 Å². The van der Waals surface area contributed by atoms with E-state index in [0.717, 1.165) is 29.1 Å². The third-order valence-electron chi connectivity index (χ3n) is 3.74. The van der Waals surface area contributed by atoms with Gasteiger partial charge in [0, 0.05) is 30.4 Å². The molecule has 1 aromatic carbocycles. The highest BCUT2D eigenvalue weighted by Gasteiger charge is 2.20. The molecule has 0 saturated heterocycles. The molecule has 1 aromatic heterocycles. The summed E-state index contributed by atoms with van der Waals surface area (Å²) >= 11 is 3.40. The molecule has 23 heavy (non-hydrogen) atoms. The zero-order chi connectivity index (χ0) is 16.1. The van der Waals surface area contributed by atoms with Crippen molar-refractivity contribution in [2.75, 3.05) is 19.8 Å². The maximum absolute atomic E-state index is 12.1. The Morgan fingerprint density at radius 2 is 2.13 bits per heavy atom. The van der Waals surface area contributed by atoms with Gasteiger partial charge in [-0.2, -0.15) is 5.10 Å². The number of carbonyl (C=O) groups excluding carboxylic acids is 1. The average molecular weight is 378 g/mol. The second-order valence-corrected chi connectivity index (χ2v) is 6.69. The van der Waals surface area contributed by atoms with E-state index >= 15 is 0 Å². The van der Waals surface area contributed by atoms with Crippen LogP contribution in [0.25, 0.3) is 5.69 Å². The Bertz CT molecular complexity index is 650. The quantitative estimate of drug-likeness (QED) is 0.718. The molecular formula is C17H20BrN3O2. The number of nitrogens with zero attached hydrogens (tertiary/aromatic N) is 2. The topological polar surface area (TPSA) is 56.1 Å². The van der Waals surface area contributed by atoms with E-state index in [1.54, 1.807) is 17.1 Å². The van der Waals surface area contributed by atoms with Gasteiger partial charge in [0.05, 0.1) is 17.4 Å². The van der Waals surface area contributed by atoms with Gasteiger partial charge >= 0.3 is 0 Å². The minimum atomic E-state index is -0.101. The average Bonchev–Trinajstić information content (AvgIpc) is 3.25. The van der Waals surface area contributed by atoms with Crippen LogP contribution >= 0.6 is 15.9 Å². The van der Waals surface area contributed by atoms with E-state index in [2.05, 4.69) is 26.3 Å². The summed E-state index contributed by atoms with van der Waals surface area (Å²) in [5, 5.41) is 7.13. The van der Waals surface area contributed by atoms with E-state index in [9.17, 15) is 4.79 Å². The van der Waals surface area contributed by atoms with Crippen molar-refractivity contribution in [3.8, 4) is 5.69 Å². The van der Waals surface area contributed by atoms with E-state index in [1.165, 1.54) is 12.8 Å². The van der Waals surface area contributed by atoms with E-state index in [-0.39, 0.29) is 5.91 Å². The fourth-order valence-corrected chi connectivity index (χ4v) is 2.45. The molecule has 1 N–H and O–H groups in total. The lowest BCUT2D eigenvalue weighted by Crippen LogP contribution is -2.25. The molecule has 1 fully saturated rings. The molecule has 122 valence electrons. The second-order valence-electron chi connectivity index (χ2n) is 5.78. The molecule has 0 spiro atoms. The number of carbonyl (C=O) groups is 1. The van der Waals surface area contributed by atoms with Gasteiger partial charge in [0.15, 0.2) is 0 Å². The first-order valence-corrected chi connectivity index (χ1v) is 8.68. The monoisotopic (exact) mass is 377 g/mol. The molecule has 1 aliphatic rings. The molecule has 1 amide bonds. The summed E-state index contributed by atoms with van der Waals surface area (Å²) in [6.45, 7) is 2.19. The molecule has 5 nitrogen and oxygen atoms in total. The molecule has 1 heterocycles. The molecule has 0 unspecified atom stereocenters. The van der Waals surface area contributed by atoms with Crippen molar-refractivity contribution in [3.63, 3.8) is 0 Å². The SMILES string of the molecule is O=C(NCCCOCC1CC1)c1cnn(-c2ccc(Br)cc2)c1. The fraction of sp³-hybridized carbons (Fsp3) is 0.412. The molecule has 2 aromatic rings. The van der Waals surface area contributed by atoms with Crippen LogP contribution < -0.4 is 5.32 Å². The molecule has 3 rings (SSSR count). The summed E-state index contributed by atoms with van der Waals surface area (Å²) < 4.78 is 8.25. The van der Waals surface area contributed by atoms with Crippen LogP contribution in [0.15, 0.2) is 41.1 Å². The van der Waals surface area contributed by atoms with Gasteiger partial charge in [-0.15, -0.1) is 0 Å². The third-order valence-corrected chi connectivity index (χ3v) is 4.27. The van der Waals surface area contributed by atoms with Gasteiger partial charge in [-0.25, -0.2) is 4.68 Å². The fourth-order valence-electron chi connectivity index (χ4n) is 2.19. The lowest BCUT2D eigenvalue weighted by Gasteiger charge is -2.04. The van der Waals surface area contributed by atoms with E-state index in [1.807, 2.05) is 24.3 Å². The molecule has 0 aliphatic heterocycles. The van der Waals surface area contributed by atoms with Crippen LogP contribution in [0.4, 0.5) is 0 Å². The summed E-state index contributed by atoms with van der Waals surface area (Å²) in [5.41, 5.74) is 1.48. The van der Waals surface area contributed by atoms with Crippen molar-refractivity contribution in [3.05, 3.63) is 46.7 Å². The van der Waals surface area contributed by atoms with Crippen molar-refractivity contribution < 1.29 is 9.53 Å². The maximum atomic E-state index is 12.1. The number of hydrogen-bond donors (Lipinski definition) is 1. The van der Waals surface area contributed by atoms with Gasteiger partial charge in [-0.05, 0) is 49.4 Å². The highest BCUT2D eigenvalue weighted by atomic mass is 79.9. The number of ether oxygens (including phenoxy) is 1. The summed E-state index contributed by atoms with van der Waals surface area (Å²) in [7, 11) is 0. The van der Waals surface area contributed by atoms with Gasteiger partial charge in [-0.1, -0.05) is 15.9 Å². The standard InChI is InChI=1S/C17H20BrN3O2/c18-15-4-6-16(7-5-15)21-11-14(10-20-21)17(22)19-8-1-9-23-12-13-2-3-13/h4-7,10-11,13H,1-3,8-9,12H2,(H,19,22). The van der Waals surface area contributed by atoms with Crippen molar-refractivity contribution in [2.45, 2.75) is 19.3 Å². The Hall–Kier alpha value is -1.66. The van der Waals surface area contributed by atoms with E-state index in [0.29, 0.717) is 18.7 Å². The molecule has 0 atom stereocenters. The second kappa shape index (κ2) is 7.75. The predicted octanol–water partition coefficient (Wildman–Crippen LogP) is 3.18. The van der Waals surface area contributed by atoms with Crippen molar-refractivity contribution in [1.82, 2.24) is 15.1 Å². The summed E-state index contributed by atoms with van der Waals surface area (Å²) in [5.74, 6) is 0.685. The number of nitrogens with one attached hydrogen (secondary N) is 1. The summed E-state index contributed by atoms with van der Waals surface area (Å²) in [4.78, 5) is 12.1. The predicted molar refractivity (Wildman–Crippen MR) is 91.8 cm³/mol. The number of amides is 1. The summed E-state index contributed by atoms with van der Waals surface area (Å²) in [6, 6.07) is 7.77.